The summed E-state index contributed by atoms with van der Waals surface area (Å²) in [5.41, 5.74) is 0.713. The molecule has 1 fully saturated rings. The van der Waals surface area contributed by atoms with Crippen LogP contribution in [0, 0.1) is 5.92 Å². The Hall–Kier alpha value is -2.93. The Morgan fingerprint density at radius 1 is 1.27 bits per heavy atom. The number of hydrogen-bond donors (Lipinski definition) is 1. The van der Waals surface area contributed by atoms with E-state index in [4.69, 9.17) is 9.15 Å². The summed E-state index contributed by atoms with van der Waals surface area (Å²) >= 11 is 0. The molecule has 0 atom stereocenters. The van der Waals surface area contributed by atoms with E-state index in [2.05, 4.69) is 10.4 Å². The van der Waals surface area contributed by atoms with Gasteiger partial charge in [-0.05, 0) is 30.9 Å². The highest BCUT2D eigenvalue weighted by atomic mass is 16.5. The first kappa shape index (κ1) is 16.5. The van der Waals surface area contributed by atoms with E-state index in [9.17, 15) is 9.59 Å². The first-order valence-corrected chi connectivity index (χ1v) is 8.63. The maximum absolute atomic E-state index is 12.4. The van der Waals surface area contributed by atoms with Crippen LogP contribution in [-0.4, -0.2) is 28.9 Å². The Labute approximate surface area is 149 Å². The van der Waals surface area contributed by atoms with E-state index in [0.29, 0.717) is 22.6 Å². The summed E-state index contributed by atoms with van der Waals surface area (Å²) in [6.07, 6.45) is 5.41. The quantitative estimate of drug-likeness (QED) is 0.779. The number of ether oxygens (including phenoxy) is 1. The minimum absolute atomic E-state index is 0.0223. The maximum Gasteiger partial charge on any atom is 0.291 e. The van der Waals surface area contributed by atoms with Crippen molar-refractivity contribution in [1.29, 1.82) is 0 Å². The molecule has 7 heteroatoms. The average Bonchev–Trinajstić information content (AvgIpc) is 3.09. The molecule has 0 spiro atoms. The Balaban J connectivity index is 1.47. The normalized spacial score (nSPS) is 15.2. The highest BCUT2D eigenvalue weighted by Gasteiger charge is 2.16. The monoisotopic (exact) mass is 353 g/mol. The van der Waals surface area contributed by atoms with Crippen LogP contribution in [0.4, 0.5) is 5.69 Å². The van der Waals surface area contributed by atoms with Crippen LogP contribution in [0.1, 0.15) is 23.4 Å². The third-order valence-corrected chi connectivity index (χ3v) is 4.54. The number of nitrogens with one attached hydrogen (secondary N) is 1. The van der Waals surface area contributed by atoms with Gasteiger partial charge in [-0.15, -0.1) is 0 Å². The average molecular weight is 353 g/mol. The molecule has 0 unspecified atom stereocenters. The molecule has 1 amide bonds. The number of rotatable bonds is 4. The Bertz CT molecular complexity index is 986. The maximum atomic E-state index is 12.4. The summed E-state index contributed by atoms with van der Waals surface area (Å²) in [6.45, 7) is 2.37. The molecule has 4 rings (SSSR count). The molecule has 7 nitrogen and oxygen atoms in total. The number of benzene rings is 1. The molecule has 1 aliphatic heterocycles. The van der Waals surface area contributed by atoms with Gasteiger partial charge in [0.05, 0.1) is 17.3 Å². The summed E-state index contributed by atoms with van der Waals surface area (Å²) < 4.78 is 12.7. The van der Waals surface area contributed by atoms with Crippen molar-refractivity contribution in [3.05, 3.63) is 58.7 Å². The zero-order valence-electron chi connectivity index (χ0n) is 14.2. The highest BCUT2D eigenvalue weighted by Crippen LogP contribution is 2.18. The second kappa shape index (κ2) is 7.13. The number of anilines is 1. The number of fused-ring (bicyclic) bond motifs is 1. The summed E-state index contributed by atoms with van der Waals surface area (Å²) in [4.78, 5) is 24.5. The van der Waals surface area contributed by atoms with Crippen molar-refractivity contribution in [2.24, 2.45) is 5.92 Å². The molecule has 0 saturated carbocycles. The zero-order chi connectivity index (χ0) is 17.9. The molecular formula is C19H19N3O4. The fourth-order valence-corrected chi connectivity index (χ4v) is 3.13. The number of carbonyl (C=O) groups excluding carboxylic acids is 1. The number of nitrogens with zero attached hydrogens (tertiary/aromatic N) is 2. The summed E-state index contributed by atoms with van der Waals surface area (Å²) in [7, 11) is 0. The molecule has 3 aromatic rings. The number of hydrogen-bond acceptors (Lipinski definition) is 5. The second-order valence-corrected chi connectivity index (χ2v) is 6.43. The van der Waals surface area contributed by atoms with Crippen molar-refractivity contribution < 1.29 is 13.9 Å². The molecule has 1 aliphatic rings. The molecule has 1 N–H and O–H groups in total. The largest absolute Gasteiger partial charge is 0.451 e. The van der Waals surface area contributed by atoms with Crippen molar-refractivity contribution in [3.8, 4) is 0 Å². The fourth-order valence-electron chi connectivity index (χ4n) is 3.13. The van der Waals surface area contributed by atoms with Gasteiger partial charge in [-0.1, -0.05) is 12.1 Å². The molecule has 1 saturated heterocycles. The standard InChI is InChI=1S/C19H19N3O4/c23-16-9-18(26-17-4-2-1-3-15(16)17)19(24)21-14-10-20-22(12-14)11-13-5-7-25-8-6-13/h1-4,9-10,12-13H,5-8,11H2,(H,21,24). The van der Waals surface area contributed by atoms with E-state index in [1.165, 1.54) is 6.07 Å². The molecule has 0 radical (unpaired) electrons. The van der Waals surface area contributed by atoms with Crippen LogP contribution in [0.5, 0.6) is 0 Å². The number of carbonyl (C=O) groups is 1. The number of amides is 1. The van der Waals surface area contributed by atoms with E-state index in [1.807, 2.05) is 4.68 Å². The predicted octanol–water partition coefficient (Wildman–Crippen LogP) is 2.67. The van der Waals surface area contributed by atoms with Gasteiger partial charge in [0, 0.05) is 32.0 Å². The van der Waals surface area contributed by atoms with Crippen LogP contribution in [0.25, 0.3) is 11.0 Å². The second-order valence-electron chi connectivity index (χ2n) is 6.43. The molecular weight excluding hydrogens is 334 g/mol. The Morgan fingerprint density at radius 3 is 2.92 bits per heavy atom. The van der Waals surface area contributed by atoms with Gasteiger partial charge in [-0.25, -0.2) is 0 Å². The molecule has 134 valence electrons. The van der Waals surface area contributed by atoms with Crippen molar-refractivity contribution in [3.63, 3.8) is 0 Å². The summed E-state index contributed by atoms with van der Waals surface area (Å²) in [5, 5.41) is 7.47. The topological polar surface area (TPSA) is 86.4 Å². The van der Waals surface area contributed by atoms with Crippen molar-refractivity contribution >= 4 is 22.6 Å². The third-order valence-electron chi connectivity index (χ3n) is 4.54. The van der Waals surface area contributed by atoms with E-state index in [0.717, 1.165) is 32.6 Å². The van der Waals surface area contributed by atoms with Crippen LogP contribution in [0.2, 0.25) is 0 Å². The van der Waals surface area contributed by atoms with E-state index < -0.39 is 5.91 Å². The lowest BCUT2D eigenvalue weighted by Gasteiger charge is -2.21. The lowest BCUT2D eigenvalue weighted by molar-refractivity contribution is 0.0601. The van der Waals surface area contributed by atoms with Crippen LogP contribution in [0.15, 0.2) is 51.9 Å². The van der Waals surface area contributed by atoms with Crippen molar-refractivity contribution in [1.82, 2.24) is 9.78 Å². The molecule has 1 aromatic carbocycles. The molecule has 2 aromatic heterocycles. The van der Waals surface area contributed by atoms with Gasteiger partial charge in [0.1, 0.15) is 5.58 Å². The first-order valence-electron chi connectivity index (χ1n) is 8.63. The van der Waals surface area contributed by atoms with E-state index in [-0.39, 0.29) is 11.2 Å². The molecule has 0 aliphatic carbocycles. The molecule has 26 heavy (non-hydrogen) atoms. The smallest absolute Gasteiger partial charge is 0.291 e. The van der Waals surface area contributed by atoms with Gasteiger partial charge in [0.2, 0.25) is 0 Å². The van der Waals surface area contributed by atoms with Gasteiger partial charge >= 0.3 is 0 Å². The van der Waals surface area contributed by atoms with E-state index in [1.54, 1.807) is 36.7 Å². The van der Waals surface area contributed by atoms with Gasteiger partial charge in [-0.2, -0.15) is 5.10 Å². The van der Waals surface area contributed by atoms with Gasteiger partial charge in [-0.3, -0.25) is 14.3 Å². The number of aromatic nitrogens is 2. The summed E-state index contributed by atoms with van der Waals surface area (Å²) in [5.74, 6) is 0.0371. The lowest BCUT2D eigenvalue weighted by Crippen LogP contribution is -2.20. The minimum Gasteiger partial charge on any atom is -0.451 e. The minimum atomic E-state index is -0.474. The van der Waals surface area contributed by atoms with E-state index >= 15 is 0 Å². The van der Waals surface area contributed by atoms with Gasteiger partial charge < -0.3 is 14.5 Å². The summed E-state index contributed by atoms with van der Waals surface area (Å²) in [6, 6.07) is 8.06. The van der Waals surface area contributed by atoms with Crippen molar-refractivity contribution in [2.75, 3.05) is 18.5 Å². The SMILES string of the molecule is O=C(Nc1cnn(CC2CCOCC2)c1)c1cc(=O)c2ccccc2o1. The Morgan fingerprint density at radius 2 is 2.08 bits per heavy atom. The lowest BCUT2D eigenvalue weighted by atomic mass is 10.0. The zero-order valence-corrected chi connectivity index (χ0v) is 14.2. The van der Waals surface area contributed by atoms with Gasteiger partial charge in [0.25, 0.3) is 5.91 Å². The van der Waals surface area contributed by atoms with Crippen molar-refractivity contribution in [2.45, 2.75) is 19.4 Å². The van der Waals surface area contributed by atoms with Crippen LogP contribution >= 0.6 is 0 Å². The van der Waals surface area contributed by atoms with Crippen LogP contribution in [0.3, 0.4) is 0 Å². The number of para-hydroxylation sites is 1. The first-order chi connectivity index (χ1) is 12.7. The van der Waals surface area contributed by atoms with Crippen LogP contribution in [-0.2, 0) is 11.3 Å². The highest BCUT2D eigenvalue weighted by molar-refractivity contribution is 6.02. The van der Waals surface area contributed by atoms with Crippen LogP contribution < -0.4 is 10.7 Å². The third kappa shape index (κ3) is 3.52. The Kier molecular flexibility index (Phi) is 4.53. The van der Waals surface area contributed by atoms with Gasteiger partial charge in [0.15, 0.2) is 11.2 Å². The predicted molar refractivity (Wildman–Crippen MR) is 96.2 cm³/mol. The fraction of sp³-hybridized carbons (Fsp3) is 0.316. The molecule has 0 bridgehead atoms. The molecule has 3 heterocycles.